The van der Waals surface area contributed by atoms with Gasteiger partial charge >= 0.3 is 0 Å². The Labute approximate surface area is 130 Å². The molecule has 0 bridgehead atoms. The molecule has 0 amide bonds. The molecule has 0 fully saturated rings. The van der Waals surface area contributed by atoms with Crippen molar-refractivity contribution in [2.24, 2.45) is 0 Å². The van der Waals surface area contributed by atoms with E-state index in [2.05, 4.69) is 30.9 Å². The molecular weight excluding hydrogens is 330 g/mol. The number of nitrogens with zero attached hydrogens (tertiary/aromatic N) is 3. The third-order valence-electron chi connectivity index (χ3n) is 3.08. The Kier molecular flexibility index (Phi) is 3.75. The largest absolute Gasteiger partial charge is 0.292 e. The number of carbonyl (C=O) groups is 1. The average Bonchev–Trinajstić information content (AvgIpc) is 2.46. The number of hydrogen-bond donors (Lipinski definition) is 0. The van der Waals surface area contributed by atoms with Gasteiger partial charge in [-0.05, 0) is 53.2 Å². The fourth-order valence-electron chi connectivity index (χ4n) is 2.08. The predicted octanol–water partition coefficient (Wildman–Crippen LogP) is 3.52. The zero-order valence-corrected chi connectivity index (χ0v) is 13.0. The van der Waals surface area contributed by atoms with E-state index in [0.717, 1.165) is 26.9 Å². The second-order valence-corrected chi connectivity index (χ2v) is 5.67. The summed E-state index contributed by atoms with van der Waals surface area (Å²) in [7, 11) is 0. The van der Waals surface area contributed by atoms with Crippen molar-refractivity contribution in [2.75, 3.05) is 0 Å². The molecule has 5 heteroatoms. The van der Waals surface area contributed by atoms with Crippen LogP contribution in [0.25, 0.3) is 11.0 Å². The zero-order chi connectivity index (χ0) is 14.8. The molecule has 104 valence electrons. The average molecular weight is 342 g/mol. The third kappa shape index (κ3) is 3.13. The van der Waals surface area contributed by atoms with E-state index in [0.29, 0.717) is 5.69 Å². The zero-order valence-electron chi connectivity index (χ0n) is 11.4. The van der Waals surface area contributed by atoms with Crippen LogP contribution in [0.2, 0.25) is 0 Å². The summed E-state index contributed by atoms with van der Waals surface area (Å²) in [4.78, 5) is 25.2. The summed E-state index contributed by atoms with van der Waals surface area (Å²) in [5.41, 5.74) is 3.61. The van der Waals surface area contributed by atoms with Gasteiger partial charge in [0.2, 0.25) is 0 Å². The second-order valence-electron chi connectivity index (χ2n) is 4.76. The lowest BCUT2D eigenvalue weighted by Crippen LogP contribution is -2.08. The van der Waals surface area contributed by atoms with E-state index >= 15 is 0 Å². The topological polar surface area (TPSA) is 55.7 Å². The highest BCUT2D eigenvalue weighted by atomic mass is 79.9. The second kappa shape index (κ2) is 5.69. The van der Waals surface area contributed by atoms with Crippen LogP contribution in [0.3, 0.4) is 0 Å². The quantitative estimate of drug-likeness (QED) is 0.684. The number of fused-ring (bicyclic) bond motifs is 1. The van der Waals surface area contributed by atoms with Gasteiger partial charge in [0.1, 0.15) is 5.69 Å². The molecule has 21 heavy (non-hydrogen) atoms. The molecule has 0 aromatic carbocycles. The van der Waals surface area contributed by atoms with Crippen LogP contribution >= 0.6 is 15.9 Å². The number of ketones is 1. The molecule has 0 unspecified atom stereocenters. The van der Waals surface area contributed by atoms with Crippen molar-refractivity contribution >= 4 is 32.7 Å². The molecule has 0 aliphatic rings. The Bertz CT molecular complexity index is 833. The summed E-state index contributed by atoms with van der Waals surface area (Å²) in [6.07, 6.45) is 1.96. The molecule has 0 N–H and O–H groups in total. The molecule has 3 rings (SSSR count). The maximum Gasteiger partial charge on any atom is 0.187 e. The fourth-order valence-corrected chi connectivity index (χ4v) is 2.40. The van der Waals surface area contributed by atoms with Gasteiger partial charge in [-0.2, -0.15) is 0 Å². The molecule has 0 aliphatic carbocycles. The van der Waals surface area contributed by atoms with Crippen molar-refractivity contribution in [3.8, 4) is 0 Å². The SMILES string of the molecule is Cc1cccc(C(=O)Cc2ccc3ncc(Br)cc3n2)n1. The van der Waals surface area contributed by atoms with Gasteiger partial charge in [0, 0.05) is 22.1 Å². The minimum Gasteiger partial charge on any atom is -0.292 e. The first-order valence-corrected chi connectivity index (χ1v) is 7.29. The molecule has 3 aromatic heterocycles. The van der Waals surface area contributed by atoms with Crippen LogP contribution in [0.1, 0.15) is 21.9 Å². The molecule has 0 atom stereocenters. The van der Waals surface area contributed by atoms with E-state index in [9.17, 15) is 4.79 Å². The highest BCUT2D eigenvalue weighted by molar-refractivity contribution is 9.10. The number of carbonyl (C=O) groups excluding carboxylic acids is 1. The highest BCUT2D eigenvalue weighted by Gasteiger charge is 2.10. The summed E-state index contributed by atoms with van der Waals surface area (Å²) in [6.45, 7) is 1.87. The van der Waals surface area contributed by atoms with Gasteiger partial charge in [-0.15, -0.1) is 0 Å². The summed E-state index contributed by atoms with van der Waals surface area (Å²) in [6, 6.07) is 11.0. The van der Waals surface area contributed by atoms with Crippen molar-refractivity contribution in [3.05, 3.63) is 64.1 Å². The minimum absolute atomic E-state index is 0.0338. The van der Waals surface area contributed by atoms with Gasteiger partial charge in [0.05, 0.1) is 17.5 Å². The van der Waals surface area contributed by atoms with Crippen molar-refractivity contribution in [1.29, 1.82) is 0 Å². The minimum atomic E-state index is -0.0338. The van der Waals surface area contributed by atoms with E-state index < -0.39 is 0 Å². The first kappa shape index (κ1) is 13.8. The number of aryl methyl sites for hydroxylation is 1. The van der Waals surface area contributed by atoms with Gasteiger partial charge < -0.3 is 0 Å². The van der Waals surface area contributed by atoms with E-state index in [4.69, 9.17) is 0 Å². The molecular formula is C16H12BrN3O. The summed E-state index contributed by atoms with van der Waals surface area (Å²) in [5, 5.41) is 0. The van der Waals surface area contributed by atoms with Crippen LogP contribution in [0.4, 0.5) is 0 Å². The van der Waals surface area contributed by atoms with E-state index in [1.807, 2.05) is 37.3 Å². The Balaban J connectivity index is 1.89. The van der Waals surface area contributed by atoms with Gasteiger partial charge in [-0.3, -0.25) is 19.7 Å². The van der Waals surface area contributed by atoms with Crippen LogP contribution in [-0.4, -0.2) is 20.7 Å². The monoisotopic (exact) mass is 341 g/mol. The maximum absolute atomic E-state index is 12.2. The number of rotatable bonds is 3. The molecule has 0 aliphatic heterocycles. The van der Waals surface area contributed by atoms with Crippen molar-refractivity contribution in [1.82, 2.24) is 15.0 Å². The van der Waals surface area contributed by atoms with E-state index in [-0.39, 0.29) is 12.2 Å². The number of Topliss-reactive ketones (excluding diaryl/α,β-unsaturated/α-hetero) is 1. The number of aromatic nitrogens is 3. The standard InChI is InChI=1S/C16H12BrN3O/c1-10-3-2-4-14(19-10)16(21)8-12-5-6-13-15(20-12)7-11(17)9-18-13/h2-7,9H,8H2,1H3. The molecule has 4 nitrogen and oxygen atoms in total. The fraction of sp³-hybridized carbons (Fsp3) is 0.125. The third-order valence-corrected chi connectivity index (χ3v) is 3.51. The summed E-state index contributed by atoms with van der Waals surface area (Å²) < 4.78 is 0.867. The number of halogens is 1. The Morgan fingerprint density at radius 2 is 2.00 bits per heavy atom. The highest BCUT2D eigenvalue weighted by Crippen LogP contribution is 2.16. The molecule has 0 saturated carbocycles. The number of pyridine rings is 3. The van der Waals surface area contributed by atoms with Crippen molar-refractivity contribution in [2.45, 2.75) is 13.3 Å². The van der Waals surface area contributed by atoms with Crippen molar-refractivity contribution in [3.63, 3.8) is 0 Å². The summed E-state index contributed by atoms with van der Waals surface area (Å²) in [5.74, 6) is -0.0338. The Morgan fingerprint density at radius 3 is 2.81 bits per heavy atom. The first-order chi connectivity index (χ1) is 10.1. The Hall–Kier alpha value is -2.14. The molecule has 0 radical (unpaired) electrons. The first-order valence-electron chi connectivity index (χ1n) is 6.50. The maximum atomic E-state index is 12.2. The normalized spacial score (nSPS) is 10.8. The molecule has 3 aromatic rings. The number of hydrogen-bond acceptors (Lipinski definition) is 4. The molecule has 0 saturated heterocycles. The molecule has 3 heterocycles. The van der Waals surface area contributed by atoms with Gasteiger partial charge in [-0.1, -0.05) is 6.07 Å². The predicted molar refractivity (Wildman–Crippen MR) is 84.2 cm³/mol. The van der Waals surface area contributed by atoms with Crippen LogP contribution in [0.15, 0.2) is 47.1 Å². The smallest absolute Gasteiger partial charge is 0.187 e. The lowest BCUT2D eigenvalue weighted by atomic mass is 10.1. The van der Waals surface area contributed by atoms with Gasteiger partial charge in [0.25, 0.3) is 0 Å². The van der Waals surface area contributed by atoms with Gasteiger partial charge in [0.15, 0.2) is 5.78 Å². The van der Waals surface area contributed by atoms with Gasteiger partial charge in [-0.25, -0.2) is 0 Å². The molecule has 0 spiro atoms. The van der Waals surface area contributed by atoms with Crippen LogP contribution < -0.4 is 0 Å². The Morgan fingerprint density at radius 1 is 1.14 bits per heavy atom. The van der Waals surface area contributed by atoms with Crippen LogP contribution in [0, 0.1) is 6.92 Å². The lowest BCUT2D eigenvalue weighted by molar-refractivity contribution is 0.0987. The van der Waals surface area contributed by atoms with Crippen LogP contribution in [0.5, 0.6) is 0 Å². The van der Waals surface area contributed by atoms with E-state index in [1.54, 1.807) is 12.3 Å². The summed E-state index contributed by atoms with van der Waals surface area (Å²) >= 11 is 3.37. The lowest BCUT2D eigenvalue weighted by Gasteiger charge is -2.03. The van der Waals surface area contributed by atoms with E-state index in [1.165, 1.54) is 0 Å². The van der Waals surface area contributed by atoms with Crippen molar-refractivity contribution < 1.29 is 4.79 Å². The van der Waals surface area contributed by atoms with Crippen LogP contribution in [-0.2, 0) is 6.42 Å².